The lowest BCUT2D eigenvalue weighted by atomic mass is 9.98. The molecule has 1 amide bonds. The molecule has 2 aromatic rings. The molecule has 7 nitrogen and oxygen atoms in total. The lowest BCUT2D eigenvalue weighted by Crippen LogP contribution is -2.51. The first-order valence-electron chi connectivity index (χ1n) is 9.79. The van der Waals surface area contributed by atoms with E-state index in [1.807, 2.05) is 18.3 Å². The van der Waals surface area contributed by atoms with Crippen LogP contribution in [-0.4, -0.2) is 41.8 Å². The van der Waals surface area contributed by atoms with Gasteiger partial charge in [0.2, 0.25) is 5.91 Å². The highest BCUT2D eigenvalue weighted by Crippen LogP contribution is 2.29. The smallest absolute Gasteiger partial charge is 0.250 e. The standard InChI is InChI=1S/C22H26N4O3S/c1-28-19-10-8-16(14-20(19)29-2)9-11-21(27)24-22(30)25-26-13-4-3-7-18(26)17-6-5-12-23-15-17/h5-6,8-12,14-15,18H,3-4,7,13H2,1-2H3,(H2,24,25,27,30)/b11-9+/t18-/m1/s1. The minimum Gasteiger partial charge on any atom is -0.493 e. The van der Waals surface area contributed by atoms with Crippen molar-refractivity contribution in [2.75, 3.05) is 20.8 Å². The maximum absolute atomic E-state index is 12.3. The third-order valence-corrected chi connectivity index (χ3v) is 5.08. The Kier molecular flexibility index (Phi) is 7.75. The van der Waals surface area contributed by atoms with E-state index in [1.54, 1.807) is 38.6 Å². The fourth-order valence-corrected chi connectivity index (χ4v) is 3.64. The van der Waals surface area contributed by atoms with Crippen LogP contribution in [0.25, 0.3) is 6.08 Å². The predicted octanol–water partition coefficient (Wildman–Crippen LogP) is 3.24. The van der Waals surface area contributed by atoms with Crippen LogP contribution in [0.3, 0.4) is 0 Å². The molecular formula is C22H26N4O3S. The average molecular weight is 427 g/mol. The lowest BCUT2D eigenvalue weighted by Gasteiger charge is -2.36. The van der Waals surface area contributed by atoms with Crippen LogP contribution in [0.5, 0.6) is 11.5 Å². The Morgan fingerprint density at radius 1 is 1.23 bits per heavy atom. The third kappa shape index (κ3) is 5.77. The first kappa shape index (κ1) is 21.7. The molecule has 2 heterocycles. The number of pyridine rings is 1. The number of benzene rings is 1. The SMILES string of the molecule is COc1ccc(/C=C/C(=O)NC(=S)NN2CCCC[C@@H]2c2cccnc2)cc1OC. The summed E-state index contributed by atoms with van der Waals surface area (Å²) < 4.78 is 10.5. The van der Waals surface area contributed by atoms with Crippen molar-refractivity contribution in [3.05, 3.63) is 59.9 Å². The molecule has 1 saturated heterocycles. The Labute approximate surface area is 182 Å². The van der Waals surface area contributed by atoms with Gasteiger partial charge in [-0.15, -0.1) is 0 Å². The van der Waals surface area contributed by atoms with Crippen molar-refractivity contribution in [2.45, 2.75) is 25.3 Å². The Morgan fingerprint density at radius 2 is 2.07 bits per heavy atom. The number of amides is 1. The number of nitrogens with zero attached hydrogens (tertiary/aromatic N) is 2. The molecule has 1 atom stereocenters. The summed E-state index contributed by atoms with van der Waals surface area (Å²) in [6.45, 7) is 0.844. The number of nitrogens with one attached hydrogen (secondary N) is 2. The molecule has 1 aliphatic heterocycles. The highest BCUT2D eigenvalue weighted by Gasteiger charge is 2.24. The number of thiocarbonyl (C=S) groups is 1. The number of hydrogen-bond donors (Lipinski definition) is 2. The minimum absolute atomic E-state index is 0.171. The molecular weight excluding hydrogens is 400 g/mol. The molecule has 0 saturated carbocycles. The van der Waals surface area contributed by atoms with Gasteiger partial charge in [0.25, 0.3) is 0 Å². The van der Waals surface area contributed by atoms with Gasteiger partial charge in [0, 0.05) is 25.0 Å². The van der Waals surface area contributed by atoms with Gasteiger partial charge < -0.3 is 9.47 Å². The van der Waals surface area contributed by atoms with E-state index in [0.717, 1.165) is 36.9 Å². The zero-order chi connectivity index (χ0) is 21.3. The molecule has 8 heteroatoms. The molecule has 158 valence electrons. The van der Waals surface area contributed by atoms with Crippen molar-refractivity contribution in [2.24, 2.45) is 0 Å². The topological polar surface area (TPSA) is 75.7 Å². The van der Waals surface area contributed by atoms with Crippen LogP contribution in [0.4, 0.5) is 0 Å². The van der Waals surface area contributed by atoms with Crippen molar-refractivity contribution in [1.82, 2.24) is 20.7 Å². The van der Waals surface area contributed by atoms with Gasteiger partial charge in [-0.1, -0.05) is 18.6 Å². The average Bonchev–Trinajstić information content (AvgIpc) is 2.78. The number of carbonyl (C=O) groups is 1. The molecule has 0 bridgehead atoms. The Balaban J connectivity index is 1.57. The van der Waals surface area contributed by atoms with Crippen molar-refractivity contribution in [1.29, 1.82) is 0 Å². The van der Waals surface area contributed by atoms with Crippen LogP contribution in [0.2, 0.25) is 0 Å². The van der Waals surface area contributed by atoms with Crippen LogP contribution in [-0.2, 0) is 4.79 Å². The lowest BCUT2D eigenvalue weighted by molar-refractivity contribution is -0.115. The largest absolute Gasteiger partial charge is 0.493 e. The van der Waals surface area contributed by atoms with Gasteiger partial charge in [-0.2, -0.15) is 0 Å². The summed E-state index contributed by atoms with van der Waals surface area (Å²) in [5.74, 6) is 0.926. The monoisotopic (exact) mass is 426 g/mol. The van der Waals surface area contributed by atoms with E-state index in [9.17, 15) is 4.79 Å². The quantitative estimate of drug-likeness (QED) is 0.542. The second kappa shape index (κ2) is 10.7. The summed E-state index contributed by atoms with van der Waals surface area (Å²) in [7, 11) is 3.15. The second-order valence-electron chi connectivity index (χ2n) is 6.87. The molecule has 1 fully saturated rings. The van der Waals surface area contributed by atoms with E-state index in [1.165, 1.54) is 6.08 Å². The van der Waals surface area contributed by atoms with Crippen LogP contribution in [0, 0.1) is 0 Å². The van der Waals surface area contributed by atoms with Gasteiger partial charge >= 0.3 is 0 Å². The van der Waals surface area contributed by atoms with Crippen molar-refractivity contribution >= 4 is 29.3 Å². The van der Waals surface area contributed by atoms with Gasteiger partial charge in [0.1, 0.15) is 0 Å². The van der Waals surface area contributed by atoms with E-state index >= 15 is 0 Å². The summed E-state index contributed by atoms with van der Waals surface area (Å²) in [6.07, 6.45) is 9.99. The van der Waals surface area contributed by atoms with Crippen molar-refractivity contribution < 1.29 is 14.3 Å². The Hall–Kier alpha value is -2.97. The summed E-state index contributed by atoms with van der Waals surface area (Å²) in [6, 6.07) is 9.59. The maximum Gasteiger partial charge on any atom is 0.250 e. The Bertz CT molecular complexity index is 905. The van der Waals surface area contributed by atoms with Crippen LogP contribution in [0.15, 0.2) is 48.8 Å². The number of rotatable bonds is 6. The maximum atomic E-state index is 12.3. The van der Waals surface area contributed by atoms with Crippen molar-refractivity contribution in [3.8, 4) is 11.5 Å². The van der Waals surface area contributed by atoms with Crippen LogP contribution in [0.1, 0.15) is 36.4 Å². The summed E-state index contributed by atoms with van der Waals surface area (Å²) in [4.78, 5) is 16.5. The van der Waals surface area contributed by atoms with E-state index in [2.05, 4.69) is 26.8 Å². The molecule has 3 rings (SSSR count). The zero-order valence-electron chi connectivity index (χ0n) is 17.1. The second-order valence-corrected chi connectivity index (χ2v) is 7.28. The fourth-order valence-electron chi connectivity index (χ4n) is 3.43. The van der Waals surface area contributed by atoms with Gasteiger partial charge in [0.15, 0.2) is 16.6 Å². The third-order valence-electron chi connectivity index (χ3n) is 4.89. The number of ether oxygens (including phenoxy) is 2. The van der Waals surface area contributed by atoms with Gasteiger partial charge in [-0.3, -0.25) is 20.5 Å². The highest BCUT2D eigenvalue weighted by molar-refractivity contribution is 7.80. The first-order valence-corrected chi connectivity index (χ1v) is 10.2. The molecule has 1 aliphatic rings. The van der Waals surface area contributed by atoms with Gasteiger partial charge in [-0.25, -0.2) is 5.01 Å². The molecule has 30 heavy (non-hydrogen) atoms. The van der Waals surface area contributed by atoms with Crippen molar-refractivity contribution in [3.63, 3.8) is 0 Å². The normalized spacial score (nSPS) is 16.8. The number of hydrogen-bond acceptors (Lipinski definition) is 6. The molecule has 0 aliphatic carbocycles. The fraction of sp³-hybridized carbons (Fsp3) is 0.318. The minimum atomic E-state index is -0.308. The van der Waals surface area contributed by atoms with E-state index in [-0.39, 0.29) is 17.1 Å². The zero-order valence-corrected chi connectivity index (χ0v) is 17.9. The number of aromatic nitrogens is 1. The Morgan fingerprint density at radius 3 is 2.80 bits per heavy atom. The molecule has 1 aromatic heterocycles. The summed E-state index contributed by atoms with van der Waals surface area (Å²) >= 11 is 5.35. The molecule has 2 N–H and O–H groups in total. The van der Waals surface area contributed by atoms with Crippen LogP contribution >= 0.6 is 12.2 Å². The number of hydrazine groups is 1. The molecule has 0 unspecified atom stereocenters. The summed E-state index contributed by atoms with van der Waals surface area (Å²) in [5.41, 5.74) is 5.11. The predicted molar refractivity (Wildman–Crippen MR) is 120 cm³/mol. The van der Waals surface area contributed by atoms with Gasteiger partial charge in [0.05, 0.1) is 20.3 Å². The number of carbonyl (C=O) groups excluding carboxylic acids is 1. The number of piperidine rings is 1. The molecule has 0 radical (unpaired) electrons. The molecule has 1 aromatic carbocycles. The number of methoxy groups -OCH3 is 2. The first-order chi connectivity index (χ1) is 14.6. The van der Waals surface area contributed by atoms with E-state index in [0.29, 0.717) is 11.5 Å². The van der Waals surface area contributed by atoms with E-state index in [4.69, 9.17) is 21.7 Å². The van der Waals surface area contributed by atoms with Gasteiger partial charge in [-0.05, 0) is 60.5 Å². The van der Waals surface area contributed by atoms with Crippen LogP contribution < -0.4 is 20.2 Å². The van der Waals surface area contributed by atoms with E-state index < -0.39 is 0 Å². The summed E-state index contributed by atoms with van der Waals surface area (Å²) in [5, 5.41) is 5.04. The molecule has 0 spiro atoms. The highest BCUT2D eigenvalue weighted by atomic mass is 32.1.